The number of rotatable bonds is 5. The third-order valence-corrected chi connectivity index (χ3v) is 5.97. The molecule has 2 heterocycles. The van der Waals surface area contributed by atoms with Gasteiger partial charge in [0.1, 0.15) is 11.6 Å². The Morgan fingerprint density at radius 3 is 2.55 bits per heavy atom. The van der Waals surface area contributed by atoms with Gasteiger partial charge in [-0.15, -0.1) is 0 Å². The first-order valence-electron chi connectivity index (χ1n) is 10.9. The van der Waals surface area contributed by atoms with E-state index in [0.717, 1.165) is 29.9 Å². The Bertz CT molecular complexity index is 1160. The molecule has 0 spiro atoms. The monoisotopic (exact) mass is 450 g/mol. The summed E-state index contributed by atoms with van der Waals surface area (Å²) in [6, 6.07) is 12.9. The average Bonchev–Trinajstić information content (AvgIpc) is 3.13. The minimum Gasteiger partial charge on any atom is -0.497 e. The number of aromatic nitrogens is 2. The van der Waals surface area contributed by atoms with Gasteiger partial charge in [-0.25, -0.2) is 9.78 Å². The Labute approximate surface area is 193 Å². The molecular formula is C24H30N6O3. The Hall–Kier alpha value is -3.59. The van der Waals surface area contributed by atoms with E-state index in [4.69, 9.17) is 9.72 Å². The number of imidazole rings is 1. The van der Waals surface area contributed by atoms with Gasteiger partial charge in [-0.1, -0.05) is 6.07 Å². The van der Waals surface area contributed by atoms with E-state index < -0.39 is 0 Å². The molecule has 4 rings (SSSR count). The number of nitrogens with zero attached hydrogens (tertiary/aromatic N) is 5. The summed E-state index contributed by atoms with van der Waals surface area (Å²) in [4.78, 5) is 35.4. The van der Waals surface area contributed by atoms with Crippen molar-refractivity contribution in [3.63, 3.8) is 0 Å². The lowest BCUT2D eigenvalue weighted by molar-refractivity contribution is 0.0827. The second-order valence-corrected chi connectivity index (χ2v) is 8.42. The molecule has 174 valence electrons. The van der Waals surface area contributed by atoms with Crippen LogP contribution >= 0.6 is 0 Å². The van der Waals surface area contributed by atoms with Crippen molar-refractivity contribution in [1.29, 1.82) is 0 Å². The molecule has 33 heavy (non-hydrogen) atoms. The second-order valence-electron chi connectivity index (χ2n) is 8.42. The topological polar surface area (TPSA) is 82.9 Å². The highest BCUT2D eigenvalue weighted by molar-refractivity contribution is 5.97. The van der Waals surface area contributed by atoms with Gasteiger partial charge in [0.05, 0.1) is 24.7 Å². The van der Waals surface area contributed by atoms with E-state index in [2.05, 4.69) is 14.8 Å². The third kappa shape index (κ3) is 4.93. The van der Waals surface area contributed by atoms with Gasteiger partial charge in [-0.2, -0.15) is 0 Å². The molecule has 1 fully saturated rings. The molecule has 1 N–H and O–H groups in total. The Kier molecular flexibility index (Phi) is 6.50. The highest BCUT2D eigenvalue weighted by Crippen LogP contribution is 2.20. The molecule has 0 radical (unpaired) electrons. The van der Waals surface area contributed by atoms with Crippen molar-refractivity contribution in [3.05, 3.63) is 53.9 Å². The van der Waals surface area contributed by atoms with Crippen LogP contribution in [-0.2, 0) is 13.6 Å². The summed E-state index contributed by atoms with van der Waals surface area (Å²) >= 11 is 0. The SMILES string of the molecule is COc1cccc(NC(=O)N2CCN(Cc3nc4cc(C(=O)N(C)C)ccc4n3C)CC2)c1. The number of carbonyl (C=O) groups is 2. The highest BCUT2D eigenvalue weighted by Gasteiger charge is 2.23. The molecule has 0 saturated carbocycles. The number of hydrogen-bond acceptors (Lipinski definition) is 5. The molecule has 1 aromatic heterocycles. The smallest absolute Gasteiger partial charge is 0.321 e. The van der Waals surface area contributed by atoms with Crippen molar-refractivity contribution in [1.82, 2.24) is 24.3 Å². The average molecular weight is 451 g/mol. The number of carbonyl (C=O) groups excluding carboxylic acids is 2. The zero-order chi connectivity index (χ0) is 23.5. The van der Waals surface area contributed by atoms with Crippen molar-refractivity contribution in [3.8, 4) is 5.75 Å². The first kappa shape index (κ1) is 22.6. The van der Waals surface area contributed by atoms with Crippen LogP contribution in [0, 0.1) is 0 Å². The quantitative estimate of drug-likeness (QED) is 0.646. The van der Waals surface area contributed by atoms with Gasteiger partial charge < -0.3 is 24.4 Å². The van der Waals surface area contributed by atoms with Crippen molar-refractivity contribution in [2.45, 2.75) is 6.54 Å². The summed E-state index contributed by atoms with van der Waals surface area (Å²) in [5.74, 6) is 1.61. The number of anilines is 1. The van der Waals surface area contributed by atoms with Crippen LogP contribution in [0.4, 0.5) is 10.5 Å². The molecule has 3 amide bonds. The van der Waals surface area contributed by atoms with Crippen LogP contribution < -0.4 is 10.1 Å². The minimum absolute atomic E-state index is 0.0348. The largest absolute Gasteiger partial charge is 0.497 e. The molecule has 1 aliphatic heterocycles. The van der Waals surface area contributed by atoms with Crippen LogP contribution in [0.25, 0.3) is 11.0 Å². The highest BCUT2D eigenvalue weighted by atomic mass is 16.5. The Balaban J connectivity index is 1.37. The van der Waals surface area contributed by atoms with Gasteiger partial charge in [0, 0.05) is 64.6 Å². The lowest BCUT2D eigenvalue weighted by Crippen LogP contribution is -2.49. The van der Waals surface area contributed by atoms with E-state index in [0.29, 0.717) is 36.6 Å². The zero-order valence-corrected chi connectivity index (χ0v) is 19.5. The first-order chi connectivity index (χ1) is 15.9. The van der Waals surface area contributed by atoms with Gasteiger partial charge in [0.15, 0.2) is 0 Å². The lowest BCUT2D eigenvalue weighted by Gasteiger charge is -2.34. The number of benzene rings is 2. The normalized spacial score (nSPS) is 14.4. The van der Waals surface area contributed by atoms with Crippen LogP contribution in [0.3, 0.4) is 0 Å². The molecule has 2 aromatic carbocycles. The van der Waals surface area contributed by atoms with E-state index in [1.165, 1.54) is 0 Å². The number of hydrogen-bond donors (Lipinski definition) is 1. The van der Waals surface area contributed by atoms with E-state index in [1.807, 2.05) is 48.3 Å². The number of nitrogens with one attached hydrogen (secondary N) is 1. The number of piperazine rings is 1. The van der Waals surface area contributed by atoms with Crippen LogP contribution in [0.5, 0.6) is 5.75 Å². The van der Waals surface area contributed by atoms with Gasteiger partial charge in [0.2, 0.25) is 0 Å². The fourth-order valence-electron chi connectivity index (χ4n) is 3.99. The summed E-state index contributed by atoms with van der Waals surface area (Å²) in [5.41, 5.74) is 3.16. The minimum atomic E-state index is -0.108. The number of fused-ring (bicyclic) bond motifs is 1. The maximum absolute atomic E-state index is 12.6. The van der Waals surface area contributed by atoms with E-state index in [9.17, 15) is 9.59 Å². The number of methoxy groups -OCH3 is 1. The predicted molar refractivity (Wildman–Crippen MR) is 128 cm³/mol. The lowest BCUT2D eigenvalue weighted by atomic mass is 10.2. The van der Waals surface area contributed by atoms with Crippen molar-refractivity contribution in [2.24, 2.45) is 7.05 Å². The van der Waals surface area contributed by atoms with Crippen molar-refractivity contribution < 1.29 is 14.3 Å². The molecule has 9 nitrogen and oxygen atoms in total. The maximum atomic E-state index is 12.6. The van der Waals surface area contributed by atoms with Crippen molar-refractivity contribution in [2.75, 3.05) is 52.7 Å². The second kappa shape index (κ2) is 9.50. The van der Waals surface area contributed by atoms with Crippen LogP contribution in [0.15, 0.2) is 42.5 Å². The Morgan fingerprint density at radius 2 is 1.85 bits per heavy atom. The Morgan fingerprint density at radius 1 is 1.09 bits per heavy atom. The van der Waals surface area contributed by atoms with Crippen molar-refractivity contribution >= 4 is 28.7 Å². The summed E-state index contributed by atoms with van der Waals surface area (Å²) in [6.45, 7) is 3.49. The van der Waals surface area contributed by atoms with Gasteiger partial charge in [-0.3, -0.25) is 9.69 Å². The van der Waals surface area contributed by atoms with E-state index in [1.54, 1.807) is 32.2 Å². The number of urea groups is 1. The zero-order valence-electron chi connectivity index (χ0n) is 19.5. The summed E-state index contributed by atoms with van der Waals surface area (Å²) in [7, 11) is 7.09. The molecule has 3 aromatic rings. The fraction of sp³-hybridized carbons (Fsp3) is 0.375. The molecule has 0 atom stereocenters. The fourth-order valence-corrected chi connectivity index (χ4v) is 3.99. The number of ether oxygens (including phenoxy) is 1. The molecule has 1 saturated heterocycles. The molecule has 0 unspecified atom stereocenters. The van der Waals surface area contributed by atoms with Gasteiger partial charge in [-0.05, 0) is 30.3 Å². The molecular weight excluding hydrogens is 420 g/mol. The number of amides is 3. The van der Waals surface area contributed by atoms with Crippen LogP contribution in [0.2, 0.25) is 0 Å². The van der Waals surface area contributed by atoms with Gasteiger partial charge in [0.25, 0.3) is 5.91 Å². The maximum Gasteiger partial charge on any atom is 0.321 e. The predicted octanol–water partition coefficient (Wildman–Crippen LogP) is 2.63. The summed E-state index contributed by atoms with van der Waals surface area (Å²) < 4.78 is 7.28. The number of aryl methyl sites for hydroxylation is 1. The third-order valence-electron chi connectivity index (χ3n) is 5.97. The summed E-state index contributed by atoms with van der Waals surface area (Å²) in [6.07, 6.45) is 0. The molecule has 1 aliphatic rings. The summed E-state index contributed by atoms with van der Waals surface area (Å²) in [5, 5.41) is 2.94. The van der Waals surface area contributed by atoms with E-state index in [-0.39, 0.29) is 11.9 Å². The molecule has 0 bridgehead atoms. The van der Waals surface area contributed by atoms with Crippen LogP contribution in [0.1, 0.15) is 16.2 Å². The van der Waals surface area contributed by atoms with E-state index >= 15 is 0 Å². The van der Waals surface area contributed by atoms with Crippen LogP contribution in [-0.4, -0.2) is 83.6 Å². The standard InChI is InChI=1S/C24H30N6O3/c1-27(2)23(31)17-8-9-21-20(14-17)26-22(28(21)3)16-29-10-12-30(13-11-29)24(32)25-18-6-5-7-19(15-18)33-4/h5-9,14-15H,10-13,16H2,1-4H3,(H,25,32). The molecule has 0 aliphatic carbocycles. The first-order valence-corrected chi connectivity index (χ1v) is 10.9. The van der Waals surface area contributed by atoms with Gasteiger partial charge >= 0.3 is 6.03 Å². The molecule has 9 heteroatoms.